The fraction of sp³-hybridized carbons (Fsp3) is 0.235. The third kappa shape index (κ3) is 4.96. The second-order valence-electron chi connectivity index (χ2n) is 4.48. The maximum absolute atomic E-state index is 8.58. The van der Waals surface area contributed by atoms with E-state index < -0.39 is 0 Å². The second kappa shape index (κ2) is 8.25. The molecule has 0 atom stereocenters. The van der Waals surface area contributed by atoms with Crippen LogP contribution in [-0.4, -0.2) is 29.9 Å². The van der Waals surface area contributed by atoms with Crippen molar-refractivity contribution >= 4 is 6.08 Å². The third-order valence-corrected chi connectivity index (χ3v) is 2.87. The standard InChI is InChI=1S/C17H19NO2/c19-10-12-20-11-2-4-15-5-7-16(8-6-15)13-17-3-1-9-18-14-17/h1-9,14,19H,10-13H2. The van der Waals surface area contributed by atoms with Gasteiger partial charge in [-0.05, 0) is 29.2 Å². The summed E-state index contributed by atoms with van der Waals surface area (Å²) in [4.78, 5) is 4.12. The molecule has 20 heavy (non-hydrogen) atoms. The molecule has 1 aromatic carbocycles. The van der Waals surface area contributed by atoms with E-state index in [1.165, 1.54) is 11.1 Å². The van der Waals surface area contributed by atoms with Gasteiger partial charge < -0.3 is 9.84 Å². The number of pyridine rings is 1. The van der Waals surface area contributed by atoms with E-state index in [2.05, 4.69) is 35.3 Å². The average molecular weight is 269 g/mol. The Balaban J connectivity index is 1.86. The number of nitrogens with zero attached hydrogens (tertiary/aromatic N) is 1. The summed E-state index contributed by atoms with van der Waals surface area (Å²) >= 11 is 0. The zero-order valence-corrected chi connectivity index (χ0v) is 11.4. The maximum Gasteiger partial charge on any atom is 0.0701 e. The topological polar surface area (TPSA) is 42.4 Å². The number of aliphatic hydroxyl groups is 1. The van der Waals surface area contributed by atoms with Gasteiger partial charge >= 0.3 is 0 Å². The van der Waals surface area contributed by atoms with Crippen LogP contribution in [0.3, 0.4) is 0 Å². The maximum atomic E-state index is 8.58. The second-order valence-corrected chi connectivity index (χ2v) is 4.48. The lowest BCUT2D eigenvalue weighted by Gasteiger charge is -2.02. The van der Waals surface area contributed by atoms with Gasteiger partial charge in [0, 0.05) is 12.4 Å². The largest absolute Gasteiger partial charge is 0.394 e. The molecule has 0 spiro atoms. The zero-order valence-electron chi connectivity index (χ0n) is 11.4. The molecule has 0 aliphatic rings. The Morgan fingerprint density at radius 1 is 1.10 bits per heavy atom. The van der Waals surface area contributed by atoms with Crippen molar-refractivity contribution in [1.29, 1.82) is 0 Å². The van der Waals surface area contributed by atoms with Crippen LogP contribution in [0.25, 0.3) is 6.08 Å². The molecule has 2 rings (SSSR count). The number of ether oxygens (including phenoxy) is 1. The highest BCUT2D eigenvalue weighted by Crippen LogP contribution is 2.11. The smallest absolute Gasteiger partial charge is 0.0701 e. The molecule has 3 nitrogen and oxygen atoms in total. The van der Waals surface area contributed by atoms with Crippen LogP contribution in [0.5, 0.6) is 0 Å². The first-order valence-corrected chi connectivity index (χ1v) is 6.71. The molecule has 1 N–H and O–H groups in total. The minimum Gasteiger partial charge on any atom is -0.394 e. The van der Waals surface area contributed by atoms with E-state index in [-0.39, 0.29) is 6.61 Å². The van der Waals surface area contributed by atoms with Crippen LogP contribution >= 0.6 is 0 Å². The number of hydrogen-bond acceptors (Lipinski definition) is 3. The fourth-order valence-corrected chi connectivity index (χ4v) is 1.89. The molecular formula is C17H19NO2. The SMILES string of the molecule is OCCOCC=Cc1ccc(Cc2cccnc2)cc1. The molecule has 0 unspecified atom stereocenters. The normalized spacial score (nSPS) is 11.1. The molecule has 0 aliphatic carbocycles. The molecular weight excluding hydrogens is 250 g/mol. The average Bonchev–Trinajstić information content (AvgIpc) is 2.50. The first-order valence-electron chi connectivity index (χ1n) is 6.71. The van der Waals surface area contributed by atoms with Crippen molar-refractivity contribution in [2.24, 2.45) is 0 Å². The fourth-order valence-electron chi connectivity index (χ4n) is 1.89. The highest BCUT2D eigenvalue weighted by molar-refractivity contribution is 5.50. The number of hydrogen-bond donors (Lipinski definition) is 1. The lowest BCUT2D eigenvalue weighted by Crippen LogP contribution is -1.98. The van der Waals surface area contributed by atoms with E-state index in [1.54, 1.807) is 6.20 Å². The molecule has 1 heterocycles. The Morgan fingerprint density at radius 3 is 2.65 bits per heavy atom. The monoisotopic (exact) mass is 269 g/mol. The van der Waals surface area contributed by atoms with Gasteiger partial charge in [-0.15, -0.1) is 0 Å². The van der Waals surface area contributed by atoms with Crippen molar-refractivity contribution in [2.75, 3.05) is 19.8 Å². The molecule has 0 saturated heterocycles. The summed E-state index contributed by atoms with van der Waals surface area (Å²) in [6.45, 7) is 0.975. The molecule has 0 bridgehead atoms. The Hall–Kier alpha value is -1.97. The summed E-state index contributed by atoms with van der Waals surface area (Å²) in [5, 5.41) is 8.58. The Labute approximate surface area is 119 Å². The Morgan fingerprint density at radius 2 is 1.95 bits per heavy atom. The Kier molecular flexibility index (Phi) is 5.96. The lowest BCUT2D eigenvalue weighted by atomic mass is 10.0. The number of aliphatic hydroxyl groups excluding tert-OH is 1. The van der Waals surface area contributed by atoms with E-state index in [0.29, 0.717) is 13.2 Å². The van der Waals surface area contributed by atoms with Crippen LogP contribution < -0.4 is 0 Å². The van der Waals surface area contributed by atoms with Crippen molar-refractivity contribution in [2.45, 2.75) is 6.42 Å². The minimum atomic E-state index is 0.0663. The van der Waals surface area contributed by atoms with Gasteiger partial charge in [-0.2, -0.15) is 0 Å². The van der Waals surface area contributed by atoms with Crippen molar-refractivity contribution in [3.05, 3.63) is 71.6 Å². The van der Waals surface area contributed by atoms with Gasteiger partial charge in [0.25, 0.3) is 0 Å². The first kappa shape index (κ1) is 14.4. The summed E-state index contributed by atoms with van der Waals surface area (Å²) in [7, 11) is 0. The van der Waals surface area contributed by atoms with E-state index in [9.17, 15) is 0 Å². The molecule has 1 aromatic heterocycles. The van der Waals surface area contributed by atoms with E-state index in [4.69, 9.17) is 9.84 Å². The molecule has 3 heteroatoms. The van der Waals surface area contributed by atoms with Crippen LogP contribution in [0.4, 0.5) is 0 Å². The van der Waals surface area contributed by atoms with Crippen LogP contribution in [0.15, 0.2) is 54.9 Å². The van der Waals surface area contributed by atoms with Crippen molar-refractivity contribution in [1.82, 2.24) is 4.98 Å². The third-order valence-electron chi connectivity index (χ3n) is 2.87. The van der Waals surface area contributed by atoms with Gasteiger partial charge in [0.1, 0.15) is 0 Å². The zero-order chi connectivity index (χ0) is 14.0. The van der Waals surface area contributed by atoms with Gasteiger partial charge in [-0.3, -0.25) is 4.98 Å². The van der Waals surface area contributed by atoms with Crippen molar-refractivity contribution < 1.29 is 9.84 Å². The summed E-state index contributed by atoms with van der Waals surface area (Å²) in [6, 6.07) is 12.5. The summed E-state index contributed by atoms with van der Waals surface area (Å²) < 4.78 is 5.16. The summed E-state index contributed by atoms with van der Waals surface area (Å²) in [6.07, 6.45) is 8.55. The molecule has 0 saturated carbocycles. The summed E-state index contributed by atoms with van der Waals surface area (Å²) in [5.41, 5.74) is 3.63. The highest BCUT2D eigenvalue weighted by atomic mass is 16.5. The van der Waals surface area contributed by atoms with Gasteiger partial charge in [0.2, 0.25) is 0 Å². The van der Waals surface area contributed by atoms with Crippen molar-refractivity contribution in [3.8, 4) is 0 Å². The Bertz CT molecular complexity index is 520. The van der Waals surface area contributed by atoms with Gasteiger partial charge in [0.05, 0.1) is 19.8 Å². The van der Waals surface area contributed by atoms with Gasteiger partial charge in [0.15, 0.2) is 0 Å². The van der Waals surface area contributed by atoms with Gasteiger partial charge in [-0.25, -0.2) is 0 Å². The van der Waals surface area contributed by atoms with Gasteiger partial charge in [-0.1, -0.05) is 42.5 Å². The molecule has 0 radical (unpaired) electrons. The lowest BCUT2D eigenvalue weighted by molar-refractivity contribution is 0.112. The van der Waals surface area contributed by atoms with Crippen molar-refractivity contribution in [3.63, 3.8) is 0 Å². The number of rotatable bonds is 7. The quantitative estimate of drug-likeness (QED) is 0.786. The van der Waals surface area contributed by atoms with Crippen LogP contribution in [0, 0.1) is 0 Å². The molecule has 0 aliphatic heterocycles. The molecule has 0 fully saturated rings. The van der Waals surface area contributed by atoms with E-state index >= 15 is 0 Å². The summed E-state index contributed by atoms with van der Waals surface area (Å²) in [5.74, 6) is 0. The molecule has 104 valence electrons. The predicted molar refractivity (Wildman–Crippen MR) is 80.4 cm³/mol. The predicted octanol–water partition coefficient (Wildman–Crippen LogP) is 2.69. The molecule has 0 amide bonds. The first-order chi connectivity index (χ1) is 9.88. The number of benzene rings is 1. The molecule has 2 aromatic rings. The minimum absolute atomic E-state index is 0.0663. The van der Waals surface area contributed by atoms with E-state index in [0.717, 1.165) is 12.0 Å². The van der Waals surface area contributed by atoms with Crippen LogP contribution in [-0.2, 0) is 11.2 Å². The van der Waals surface area contributed by atoms with Crippen LogP contribution in [0.1, 0.15) is 16.7 Å². The highest BCUT2D eigenvalue weighted by Gasteiger charge is 1.96. The number of aromatic nitrogens is 1. The van der Waals surface area contributed by atoms with Crippen LogP contribution in [0.2, 0.25) is 0 Å². The van der Waals surface area contributed by atoms with E-state index in [1.807, 2.05) is 24.4 Å².